The summed E-state index contributed by atoms with van der Waals surface area (Å²) in [5.41, 5.74) is 4.05. The molecule has 0 saturated carbocycles. The van der Waals surface area contributed by atoms with Gasteiger partial charge in [0.2, 0.25) is 0 Å². The van der Waals surface area contributed by atoms with Crippen LogP contribution in [0, 0.1) is 6.92 Å². The van der Waals surface area contributed by atoms with Gasteiger partial charge in [0, 0.05) is 68.8 Å². The van der Waals surface area contributed by atoms with Crippen molar-refractivity contribution in [1.82, 2.24) is 35.0 Å². The molecule has 0 radical (unpaired) electrons. The van der Waals surface area contributed by atoms with Gasteiger partial charge < -0.3 is 19.8 Å². The highest BCUT2D eigenvalue weighted by Crippen LogP contribution is 2.26. The van der Waals surface area contributed by atoms with Crippen LogP contribution in [0.4, 0.5) is 11.5 Å². The number of aryl methyl sites for hydroxylation is 1. The molecule has 0 spiro atoms. The van der Waals surface area contributed by atoms with Gasteiger partial charge in [-0.15, -0.1) is 5.10 Å². The Morgan fingerprint density at radius 1 is 1.10 bits per heavy atom. The van der Waals surface area contributed by atoms with E-state index in [1.807, 2.05) is 40.1 Å². The van der Waals surface area contributed by atoms with Gasteiger partial charge in [0.05, 0.1) is 35.0 Å². The first kappa shape index (κ1) is 27.4. The number of carbonyl (C=O) groups is 1. The minimum Gasteiger partial charge on any atom is -0.396 e. The smallest absolute Gasteiger partial charge is 0.258 e. The summed E-state index contributed by atoms with van der Waals surface area (Å²) in [5, 5.41) is 24.5. The quantitative estimate of drug-likeness (QED) is 0.340. The van der Waals surface area contributed by atoms with Crippen molar-refractivity contribution in [3.05, 3.63) is 60.0 Å². The second kappa shape index (κ2) is 11.5. The predicted molar refractivity (Wildman–Crippen MR) is 151 cm³/mol. The molecule has 1 aliphatic heterocycles. The number of aromatic nitrogens is 6. The Labute approximate surface area is 233 Å². The lowest BCUT2D eigenvalue weighted by atomic mass is 9.93. The molecule has 1 aliphatic rings. The van der Waals surface area contributed by atoms with Gasteiger partial charge in [-0.1, -0.05) is 31.1 Å². The number of amides is 1. The number of nitrogens with one attached hydrogen (secondary N) is 1. The molecule has 0 atom stereocenters. The Morgan fingerprint density at radius 2 is 1.90 bits per heavy atom. The molecule has 4 aromatic heterocycles. The zero-order valence-corrected chi connectivity index (χ0v) is 23.3. The monoisotopic (exact) mass is 545 g/mol. The van der Waals surface area contributed by atoms with E-state index in [1.165, 1.54) is 6.20 Å². The average Bonchev–Trinajstić information content (AvgIpc) is 3.63. The van der Waals surface area contributed by atoms with E-state index in [0.29, 0.717) is 34.2 Å². The van der Waals surface area contributed by atoms with Crippen molar-refractivity contribution in [2.75, 3.05) is 49.5 Å². The summed E-state index contributed by atoms with van der Waals surface area (Å²) in [6.45, 7) is 12.7. The largest absolute Gasteiger partial charge is 0.396 e. The Balaban J connectivity index is 1.30. The zero-order chi connectivity index (χ0) is 28.3. The molecule has 0 aliphatic carbocycles. The molecule has 12 heteroatoms. The fourth-order valence-corrected chi connectivity index (χ4v) is 4.53. The molecule has 4 aromatic rings. The van der Waals surface area contributed by atoms with Gasteiger partial charge in [-0.3, -0.25) is 19.7 Å². The van der Waals surface area contributed by atoms with Gasteiger partial charge in [-0.25, -0.2) is 4.68 Å². The third-order valence-corrected chi connectivity index (χ3v) is 6.94. The highest BCUT2D eigenvalue weighted by molar-refractivity contribution is 6.03. The van der Waals surface area contributed by atoms with Crippen LogP contribution in [0.3, 0.4) is 0 Å². The van der Waals surface area contributed by atoms with Crippen LogP contribution in [0.5, 0.6) is 0 Å². The van der Waals surface area contributed by atoms with E-state index >= 15 is 0 Å². The van der Waals surface area contributed by atoms with Crippen molar-refractivity contribution in [3.63, 3.8) is 0 Å². The summed E-state index contributed by atoms with van der Waals surface area (Å²) in [5.74, 6) is 0.676. The van der Waals surface area contributed by atoms with Gasteiger partial charge in [-0.05, 0) is 25.5 Å². The minimum absolute atomic E-state index is 0.218. The van der Waals surface area contributed by atoms with Crippen molar-refractivity contribution in [2.45, 2.75) is 39.5 Å². The number of pyridine rings is 2. The molecule has 1 amide bonds. The number of carbonyl (C=O) groups excluding carboxylic acids is 1. The number of hydrogen-bond donors (Lipinski definition) is 2. The SMILES string of the molecule is Cc1ncc(C(=O)Nc2cc(C(C)(C)C)on2)cc1-n1cc(-c2cncc(N3CCN(CCCO)CC3)c2)nn1. The molecule has 1 saturated heterocycles. The number of hydrogen-bond acceptors (Lipinski definition) is 10. The summed E-state index contributed by atoms with van der Waals surface area (Å²) < 4.78 is 6.99. The first-order valence-corrected chi connectivity index (χ1v) is 13.4. The molecule has 0 bridgehead atoms. The molecule has 0 aromatic carbocycles. The van der Waals surface area contributed by atoms with Crippen molar-refractivity contribution in [2.24, 2.45) is 0 Å². The lowest BCUT2D eigenvalue weighted by molar-refractivity contribution is 0.102. The minimum atomic E-state index is -0.351. The number of aliphatic hydroxyl groups is 1. The Kier molecular flexibility index (Phi) is 7.90. The summed E-state index contributed by atoms with van der Waals surface area (Å²) in [4.78, 5) is 26.5. The molecule has 1 fully saturated rings. The fraction of sp³-hybridized carbons (Fsp3) is 0.429. The maximum atomic E-state index is 12.9. The second-order valence-corrected chi connectivity index (χ2v) is 11.0. The van der Waals surface area contributed by atoms with Crippen LogP contribution in [-0.4, -0.2) is 85.4 Å². The summed E-state index contributed by atoms with van der Waals surface area (Å²) in [6.07, 6.45) is 7.77. The number of rotatable bonds is 8. The van der Waals surface area contributed by atoms with Crippen LogP contribution in [0.1, 0.15) is 49.0 Å². The topological polar surface area (TPSA) is 138 Å². The highest BCUT2D eigenvalue weighted by Gasteiger charge is 2.22. The van der Waals surface area contributed by atoms with E-state index in [1.54, 1.807) is 23.0 Å². The third-order valence-electron chi connectivity index (χ3n) is 6.94. The molecule has 0 unspecified atom stereocenters. The lowest BCUT2D eigenvalue weighted by Crippen LogP contribution is -2.46. The van der Waals surface area contributed by atoms with Gasteiger partial charge in [-0.2, -0.15) is 0 Å². The van der Waals surface area contributed by atoms with Crippen LogP contribution >= 0.6 is 0 Å². The fourth-order valence-electron chi connectivity index (χ4n) is 4.53. The first-order chi connectivity index (χ1) is 19.2. The normalized spacial score (nSPS) is 14.5. The lowest BCUT2D eigenvalue weighted by Gasteiger charge is -2.35. The molecule has 5 heterocycles. The maximum Gasteiger partial charge on any atom is 0.258 e. The third kappa shape index (κ3) is 6.18. The zero-order valence-electron chi connectivity index (χ0n) is 23.3. The van der Waals surface area contributed by atoms with Crippen molar-refractivity contribution in [3.8, 4) is 16.9 Å². The number of piperazine rings is 1. The van der Waals surface area contributed by atoms with Crippen molar-refractivity contribution >= 4 is 17.4 Å². The Morgan fingerprint density at radius 3 is 2.62 bits per heavy atom. The molecule has 40 heavy (non-hydrogen) atoms. The highest BCUT2D eigenvalue weighted by atomic mass is 16.5. The van der Waals surface area contributed by atoms with Crippen molar-refractivity contribution < 1.29 is 14.4 Å². The molecule has 210 valence electrons. The van der Waals surface area contributed by atoms with Crippen LogP contribution in [0.25, 0.3) is 16.9 Å². The van der Waals surface area contributed by atoms with E-state index in [0.717, 1.165) is 50.4 Å². The molecule has 5 rings (SSSR count). The van der Waals surface area contributed by atoms with Crippen molar-refractivity contribution in [1.29, 1.82) is 0 Å². The average molecular weight is 546 g/mol. The van der Waals surface area contributed by atoms with E-state index in [9.17, 15) is 4.79 Å². The van der Waals surface area contributed by atoms with Gasteiger partial charge in [0.1, 0.15) is 11.5 Å². The number of anilines is 2. The van der Waals surface area contributed by atoms with Crippen LogP contribution in [0.15, 0.2) is 47.5 Å². The Bertz CT molecular complexity index is 1470. The molecule has 12 nitrogen and oxygen atoms in total. The number of nitrogens with zero attached hydrogens (tertiary/aromatic N) is 8. The van der Waals surface area contributed by atoms with Crippen LogP contribution in [-0.2, 0) is 5.41 Å². The summed E-state index contributed by atoms with van der Waals surface area (Å²) in [6, 6.07) is 5.53. The second-order valence-electron chi connectivity index (χ2n) is 11.0. The summed E-state index contributed by atoms with van der Waals surface area (Å²) >= 11 is 0. The molecular weight excluding hydrogens is 510 g/mol. The van der Waals surface area contributed by atoms with Gasteiger partial charge >= 0.3 is 0 Å². The summed E-state index contributed by atoms with van der Waals surface area (Å²) in [7, 11) is 0. The van der Waals surface area contributed by atoms with Gasteiger partial charge in [0.25, 0.3) is 5.91 Å². The van der Waals surface area contributed by atoms with E-state index in [2.05, 4.69) is 46.6 Å². The first-order valence-electron chi connectivity index (χ1n) is 13.4. The standard InChI is InChI=1S/C28H35N9O3/c1-19-24(13-21(16-30-19)27(39)31-26-14-25(40-33-26)28(2,3)4)37-18-23(32-34-37)20-12-22(17-29-15-20)36-9-7-35(8-10-36)6-5-11-38/h12-18,38H,5-11H2,1-4H3,(H,31,33,39). The van der Waals surface area contributed by atoms with Gasteiger partial charge in [0.15, 0.2) is 5.82 Å². The molecular formula is C28H35N9O3. The van der Waals surface area contributed by atoms with E-state index < -0.39 is 0 Å². The van der Waals surface area contributed by atoms with E-state index in [-0.39, 0.29) is 17.9 Å². The number of aliphatic hydroxyl groups excluding tert-OH is 1. The maximum absolute atomic E-state index is 12.9. The van der Waals surface area contributed by atoms with E-state index in [4.69, 9.17) is 9.63 Å². The van der Waals surface area contributed by atoms with Crippen LogP contribution < -0.4 is 10.2 Å². The molecule has 2 N–H and O–H groups in total. The Hall–Kier alpha value is -4.16. The van der Waals surface area contributed by atoms with Crippen LogP contribution in [0.2, 0.25) is 0 Å². The predicted octanol–water partition coefficient (Wildman–Crippen LogP) is 3.07.